The smallest absolute Gasteiger partial charge is 0.376 e. The normalized spacial score (nSPS) is 23.8. The summed E-state index contributed by atoms with van der Waals surface area (Å²) in [5.41, 5.74) is 8.25. The molecule has 0 aliphatic carbocycles. The van der Waals surface area contributed by atoms with Crippen molar-refractivity contribution in [2.75, 3.05) is 25.1 Å². The minimum atomic E-state index is -4.34. The summed E-state index contributed by atoms with van der Waals surface area (Å²) in [5.74, 6) is 1.57. The van der Waals surface area contributed by atoms with Gasteiger partial charge in [-0.2, -0.15) is 23.7 Å². The number of hydrogen-bond acceptors (Lipinski definition) is 8. The van der Waals surface area contributed by atoms with Crippen molar-refractivity contribution in [3.63, 3.8) is 0 Å². The largest absolute Gasteiger partial charge is 0.416 e. The quantitative estimate of drug-likeness (QED) is 0.375. The third kappa shape index (κ3) is 6.09. The number of halogens is 3. The summed E-state index contributed by atoms with van der Waals surface area (Å²) in [5, 5.41) is 2.12. The van der Waals surface area contributed by atoms with Crippen LogP contribution in [-0.2, 0) is 17.5 Å². The fourth-order valence-corrected chi connectivity index (χ4v) is 5.95. The fraction of sp³-hybridized carbons (Fsp3) is 0.607. The maximum atomic E-state index is 13.1. The molecule has 4 heterocycles. The van der Waals surface area contributed by atoms with Crippen LogP contribution in [0.25, 0.3) is 11.2 Å². The second-order valence-electron chi connectivity index (χ2n) is 11.4. The zero-order valence-corrected chi connectivity index (χ0v) is 23.7. The van der Waals surface area contributed by atoms with Gasteiger partial charge in [-0.15, -0.1) is 0 Å². The molecule has 4 atom stereocenters. The number of hydrogen-bond donors (Lipinski definition) is 2. The molecule has 0 spiro atoms. The number of hydrazine groups is 2. The van der Waals surface area contributed by atoms with Crippen molar-refractivity contribution in [2.24, 2.45) is 5.92 Å². The first kappa shape index (κ1) is 28.7. The lowest BCUT2D eigenvalue weighted by atomic mass is 9.91. The number of anilines is 1. The molecule has 0 radical (unpaired) electrons. The summed E-state index contributed by atoms with van der Waals surface area (Å²) in [6, 6.07) is 5.89. The predicted octanol–water partition coefficient (Wildman–Crippen LogP) is 4.96. The third-order valence-corrected chi connectivity index (χ3v) is 8.00. The van der Waals surface area contributed by atoms with Crippen LogP contribution in [0.1, 0.15) is 63.5 Å². The van der Waals surface area contributed by atoms with Crippen LogP contribution < -0.4 is 11.0 Å². The average molecular weight is 561 g/mol. The molecule has 2 aliphatic heterocycles. The van der Waals surface area contributed by atoms with Crippen molar-refractivity contribution in [3.8, 4) is 0 Å². The van der Waals surface area contributed by atoms with Crippen molar-refractivity contribution in [2.45, 2.75) is 84.4 Å². The van der Waals surface area contributed by atoms with Gasteiger partial charge in [0.15, 0.2) is 5.65 Å². The van der Waals surface area contributed by atoms with E-state index in [0.717, 1.165) is 55.1 Å². The third-order valence-electron chi connectivity index (χ3n) is 8.00. The molecular formula is C28H39F3N8O. The van der Waals surface area contributed by atoms with E-state index in [9.17, 15) is 13.2 Å². The molecule has 0 saturated carbocycles. The fourth-order valence-electron chi connectivity index (χ4n) is 5.95. The van der Waals surface area contributed by atoms with E-state index in [1.165, 1.54) is 12.1 Å². The topological polar surface area (TPSA) is 83.4 Å². The monoisotopic (exact) mass is 560 g/mol. The molecule has 3 aromatic rings. The summed E-state index contributed by atoms with van der Waals surface area (Å²) in [4.78, 5) is 16.2. The lowest BCUT2D eigenvalue weighted by Gasteiger charge is -2.48. The van der Waals surface area contributed by atoms with Gasteiger partial charge in [0, 0.05) is 37.8 Å². The molecule has 9 nitrogen and oxygen atoms in total. The molecule has 1 unspecified atom stereocenters. The minimum Gasteiger partial charge on any atom is -0.376 e. The molecule has 2 aromatic heterocycles. The highest BCUT2D eigenvalue weighted by molar-refractivity contribution is 5.71. The molecule has 2 fully saturated rings. The number of nitrogens with zero attached hydrogens (tertiary/aromatic N) is 6. The second kappa shape index (κ2) is 11.6. The molecule has 12 heteroatoms. The van der Waals surface area contributed by atoms with Gasteiger partial charge in [0.1, 0.15) is 11.3 Å². The van der Waals surface area contributed by atoms with Crippen LogP contribution in [0.2, 0.25) is 0 Å². The van der Waals surface area contributed by atoms with E-state index in [0.29, 0.717) is 12.5 Å². The highest BCUT2D eigenvalue weighted by Gasteiger charge is 2.36. The summed E-state index contributed by atoms with van der Waals surface area (Å²) < 4.78 is 47.3. The number of fused-ring (bicyclic) bond motifs is 1. The van der Waals surface area contributed by atoms with Gasteiger partial charge in [0.05, 0.1) is 24.4 Å². The summed E-state index contributed by atoms with van der Waals surface area (Å²) in [6.07, 6.45) is -0.317. The molecule has 1 aromatic carbocycles. The second-order valence-corrected chi connectivity index (χ2v) is 11.4. The average Bonchev–Trinajstić information content (AvgIpc) is 3.52. The van der Waals surface area contributed by atoms with E-state index in [1.807, 2.05) is 6.92 Å². The van der Waals surface area contributed by atoms with Gasteiger partial charge in [0.25, 0.3) is 0 Å². The maximum absolute atomic E-state index is 13.1. The van der Waals surface area contributed by atoms with Gasteiger partial charge in [-0.05, 0) is 57.2 Å². The number of aromatic nitrogens is 4. The van der Waals surface area contributed by atoms with E-state index in [-0.39, 0.29) is 30.1 Å². The Bertz CT molecular complexity index is 1290. The molecule has 218 valence electrons. The SMILES string of the molecule is Cc1nc2cnc(NNN3C[C@@H](C)N(C(c4ccc(C(F)(F)F)cc4)C(C)C)C[C@@H]3C)nc2n1C[C@@H]1CCCO1. The van der Waals surface area contributed by atoms with Gasteiger partial charge < -0.3 is 9.30 Å². The van der Waals surface area contributed by atoms with Crippen LogP contribution in [0, 0.1) is 12.8 Å². The zero-order chi connectivity index (χ0) is 28.6. The van der Waals surface area contributed by atoms with Crippen molar-refractivity contribution in [1.82, 2.24) is 35.0 Å². The van der Waals surface area contributed by atoms with E-state index in [2.05, 4.69) is 63.1 Å². The Hall–Kier alpha value is -2.80. The van der Waals surface area contributed by atoms with E-state index in [4.69, 9.17) is 9.72 Å². The first-order chi connectivity index (χ1) is 19.0. The Morgan fingerprint density at radius 3 is 2.48 bits per heavy atom. The van der Waals surface area contributed by atoms with E-state index in [1.54, 1.807) is 18.3 Å². The summed E-state index contributed by atoms with van der Waals surface area (Å²) >= 11 is 0. The minimum absolute atomic E-state index is 0.00737. The maximum Gasteiger partial charge on any atom is 0.416 e. The summed E-state index contributed by atoms with van der Waals surface area (Å²) in [7, 11) is 0. The van der Waals surface area contributed by atoms with Crippen molar-refractivity contribution in [1.29, 1.82) is 0 Å². The molecule has 40 heavy (non-hydrogen) atoms. The van der Waals surface area contributed by atoms with Crippen LogP contribution in [0.5, 0.6) is 0 Å². The number of benzene rings is 1. The first-order valence-electron chi connectivity index (χ1n) is 14.0. The lowest BCUT2D eigenvalue weighted by molar-refractivity contribution is -0.137. The highest BCUT2D eigenvalue weighted by atomic mass is 19.4. The molecule has 2 saturated heterocycles. The number of imidazole rings is 1. The number of nitrogens with one attached hydrogen (secondary N) is 2. The molecular weight excluding hydrogens is 521 g/mol. The van der Waals surface area contributed by atoms with E-state index >= 15 is 0 Å². The standard InChI is InChI=1S/C28H39F3N8O/c1-17(2)25(21-8-10-22(11-9-21)28(29,30)31)37-14-19(4)39(15-18(37)3)36-35-27-32-13-24-26(34-27)38(20(5)33-24)16-23-7-6-12-40-23/h8-11,13,17-19,23,25,36H,6-7,12,14-16H2,1-5H3,(H,32,34,35)/t18-,19+,23+,25?/m1/s1. The zero-order valence-electron chi connectivity index (χ0n) is 23.7. The van der Waals surface area contributed by atoms with Crippen LogP contribution in [0.3, 0.4) is 0 Å². The molecule has 5 rings (SSSR count). The van der Waals surface area contributed by atoms with Crippen LogP contribution in [0.15, 0.2) is 30.5 Å². The Kier molecular flexibility index (Phi) is 8.32. The van der Waals surface area contributed by atoms with Crippen LogP contribution >= 0.6 is 0 Å². The van der Waals surface area contributed by atoms with Crippen molar-refractivity contribution >= 4 is 17.1 Å². The Labute approximate surface area is 233 Å². The van der Waals surface area contributed by atoms with E-state index < -0.39 is 11.7 Å². The van der Waals surface area contributed by atoms with Gasteiger partial charge in [0.2, 0.25) is 5.95 Å². The highest BCUT2D eigenvalue weighted by Crippen LogP contribution is 2.35. The number of alkyl halides is 3. The first-order valence-corrected chi connectivity index (χ1v) is 14.0. The Morgan fingerprint density at radius 1 is 1.07 bits per heavy atom. The number of aryl methyl sites for hydroxylation is 1. The van der Waals surface area contributed by atoms with Crippen molar-refractivity contribution < 1.29 is 17.9 Å². The van der Waals surface area contributed by atoms with Gasteiger partial charge >= 0.3 is 6.18 Å². The Morgan fingerprint density at radius 2 is 1.82 bits per heavy atom. The van der Waals surface area contributed by atoms with Gasteiger partial charge in [-0.1, -0.05) is 26.0 Å². The number of ether oxygens (including phenoxy) is 1. The van der Waals surface area contributed by atoms with Gasteiger partial charge in [-0.3, -0.25) is 10.3 Å². The van der Waals surface area contributed by atoms with Gasteiger partial charge in [-0.25, -0.2) is 15.0 Å². The molecule has 0 amide bonds. The lowest BCUT2D eigenvalue weighted by Crippen LogP contribution is -2.62. The Balaban J connectivity index is 1.25. The summed E-state index contributed by atoms with van der Waals surface area (Å²) in [6.45, 7) is 13.4. The molecule has 2 N–H and O–H groups in total. The predicted molar refractivity (Wildman–Crippen MR) is 147 cm³/mol. The molecule has 0 bridgehead atoms. The number of rotatable bonds is 8. The van der Waals surface area contributed by atoms with Crippen molar-refractivity contribution in [3.05, 3.63) is 47.4 Å². The number of piperazine rings is 1. The van der Waals surface area contributed by atoms with Crippen LogP contribution in [-0.4, -0.2) is 67.3 Å². The van der Waals surface area contributed by atoms with Crippen LogP contribution in [0.4, 0.5) is 19.1 Å². The molecule has 2 aliphatic rings.